The Kier molecular flexibility index (Phi) is 3.37. The van der Waals surface area contributed by atoms with Crippen molar-refractivity contribution in [3.8, 4) is 0 Å². The molecular formula is C13H14N2S. The Hall–Kier alpha value is -1.61. The smallest absolute Gasteiger partial charge is 0.0443 e. The normalized spacial score (nSPS) is 10.1. The number of nitrogens with two attached hydrogens (primary N) is 1. The van der Waals surface area contributed by atoms with Gasteiger partial charge in [-0.05, 0) is 55.3 Å². The van der Waals surface area contributed by atoms with Gasteiger partial charge in [0.15, 0.2) is 0 Å². The lowest BCUT2D eigenvalue weighted by Gasteiger charge is -2.05. The first-order valence-corrected chi connectivity index (χ1v) is 5.91. The van der Waals surface area contributed by atoms with E-state index in [4.69, 9.17) is 5.73 Å². The Morgan fingerprint density at radius 1 is 0.938 bits per heavy atom. The van der Waals surface area contributed by atoms with Gasteiger partial charge in [0.2, 0.25) is 0 Å². The molecule has 0 aliphatic rings. The predicted octanol–water partition coefficient (Wildman–Crippen LogP) is 3.70. The van der Waals surface area contributed by atoms with Gasteiger partial charge in [0.05, 0.1) is 0 Å². The molecular weight excluding hydrogens is 216 g/mol. The quantitative estimate of drug-likeness (QED) is 0.623. The zero-order valence-electron chi connectivity index (χ0n) is 9.10. The summed E-state index contributed by atoms with van der Waals surface area (Å²) in [4.78, 5) is 1.15. The third-order valence-electron chi connectivity index (χ3n) is 2.22. The van der Waals surface area contributed by atoms with Crippen LogP contribution in [-0.4, -0.2) is 0 Å². The second-order valence-electron chi connectivity index (χ2n) is 3.64. The third-order valence-corrected chi connectivity index (χ3v) is 3.06. The summed E-state index contributed by atoms with van der Waals surface area (Å²) in [6.07, 6.45) is 0. The molecule has 0 spiro atoms. The van der Waals surface area contributed by atoms with Crippen molar-refractivity contribution >= 4 is 23.3 Å². The van der Waals surface area contributed by atoms with Gasteiger partial charge in [-0.3, -0.25) is 0 Å². The van der Waals surface area contributed by atoms with Crippen molar-refractivity contribution < 1.29 is 0 Å². The summed E-state index contributed by atoms with van der Waals surface area (Å²) in [5.74, 6) is 0. The van der Waals surface area contributed by atoms with E-state index in [0.29, 0.717) is 0 Å². The fourth-order valence-corrected chi connectivity index (χ4v) is 1.92. The first-order chi connectivity index (χ1) is 7.74. The molecule has 0 heterocycles. The minimum absolute atomic E-state index is 0.791. The molecule has 3 N–H and O–H groups in total. The summed E-state index contributed by atoms with van der Waals surface area (Å²) in [5, 5.41) is 0. The third kappa shape index (κ3) is 2.94. The van der Waals surface area contributed by atoms with Crippen LogP contribution in [0.5, 0.6) is 0 Å². The van der Waals surface area contributed by atoms with Gasteiger partial charge in [0.1, 0.15) is 0 Å². The molecule has 3 heteroatoms. The highest BCUT2D eigenvalue weighted by Crippen LogP contribution is 2.21. The Bertz CT molecular complexity index is 403. The number of hydrogen-bond acceptors (Lipinski definition) is 3. The van der Waals surface area contributed by atoms with Crippen LogP contribution in [0.1, 0.15) is 5.56 Å². The Labute approximate surface area is 100 Å². The van der Waals surface area contributed by atoms with Crippen molar-refractivity contribution in [1.82, 2.24) is 0 Å². The lowest BCUT2D eigenvalue weighted by molar-refractivity contribution is 1.45. The lowest BCUT2D eigenvalue weighted by Crippen LogP contribution is -1.87. The number of benzene rings is 2. The van der Waals surface area contributed by atoms with E-state index in [1.54, 1.807) is 11.9 Å². The Morgan fingerprint density at radius 3 is 2.19 bits per heavy atom. The van der Waals surface area contributed by atoms with E-state index >= 15 is 0 Å². The molecule has 0 radical (unpaired) electrons. The second-order valence-corrected chi connectivity index (χ2v) is 4.52. The van der Waals surface area contributed by atoms with Gasteiger partial charge >= 0.3 is 0 Å². The Morgan fingerprint density at radius 2 is 1.56 bits per heavy atom. The van der Waals surface area contributed by atoms with E-state index in [1.807, 2.05) is 24.3 Å². The van der Waals surface area contributed by atoms with E-state index in [-0.39, 0.29) is 0 Å². The SMILES string of the molecule is Cc1ccc(NSc2ccc(N)cc2)cc1. The van der Waals surface area contributed by atoms with Crippen LogP contribution < -0.4 is 10.5 Å². The number of aryl methyl sites for hydroxylation is 1. The predicted molar refractivity (Wildman–Crippen MR) is 71.5 cm³/mol. The van der Waals surface area contributed by atoms with Crippen molar-refractivity contribution in [2.75, 3.05) is 10.5 Å². The number of nitrogen functional groups attached to an aromatic ring is 1. The summed E-state index contributed by atoms with van der Waals surface area (Å²) in [5.41, 5.74) is 8.78. The number of hydrogen-bond donors (Lipinski definition) is 2. The number of nitrogens with one attached hydrogen (secondary N) is 1. The molecule has 0 bridgehead atoms. The second kappa shape index (κ2) is 4.94. The largest absolute Gasteiger partial charge is 0.399 e. The van der Waals surface area contributed by atoms with Gasteiger partial charge in [-0.1, -0.05) is 17.7 Å². The van der Waals surface area contributed by atoms with Gasteiger partial charge in [0, 0.05) is 16.3 Å². The van der Waals surface area contributed by atoms with Crippen LogP contribution in [0.3, 0.4) is 0 Å². The molecule has 2 nitrogen and oxygen atoms in total. The lowest BCUT2D eigenvalue weighted by atomic mass is 10.2. The molecule has 2 aromatic carbocycles. The molecule has 2 rings (SSSR count). The van der Waals surface area contributed by atoms with Crippen LogP contribution in [0.25, 0.3) is 0 Å². The van der Waals surface area contributed by atoms with Crippen LogP contribution in [0.2, 0.25) is 0 Å². The van der Waals surface area contributed by atoms with Crippen molar-refractivity contribution in [1.29, 1.82) is 0 Å². The summed E-state index contributed by atoms with van der Waals surface area (Å²) >= 11 is 1.58. The molecule has 0 saturated heterocycles. The maximum atomic E-state index is 5.62. The fraction of sp³-hybridized carbons (Fsp3) is 0.0769. The number of rotatable bonds is 3. The highest BCUT2D eigenvalue weighted by atomic mass is 32.2. The van der Waals surface area contributed by atoms with E-state index < -0.39 is 0 Å². The molecule has 0 unspecified atom stereocenters. The topological polar surface area (TPSA) is 38.0 Å². The molecule has 0 atom stereocenters. The first kappa shape index (κ1) is 10.9. The van der Waals surface area contributed by atoms with Gasteiger partial charge in [-0.25, -0.2) is 0 Å². The minimum atomic E-state index is 0.791. The maximum absolute atomic E-state index is 5.62. The molecule has 0 aliphatic carbocycles. The Balaban J connectivity index is 1.97. The molecule has 0 aliphatic heterocycles. The average molecular weight is 230 g/mol. The van der Waals surface area contributed by atoms with Gasteiger partial charge in [0.25, 0.3) is 0 Å². The van der Waals surface area contributed by atoms with Gasteiger partial charge < -0.3 is 10.5 Å². The van der Waals surface area contributed by atoms with Crippen LogP contribution in [0.15, 0.2) is 53.4 Å². The number of anilines is 2. The molecule has 0 amide bonds. The van der Waals surface area contributed by atoms with Crippen molar-refractivity contribution in [2.45, 2.75) is 11.8 Å². The molecule has 2 aromatic rings. The zero-order valence-corrected chi connectivity index (χ0v) is 9.92. The monoisotopic (exact) mass is 230 g/mol. The molecule has 0 aromatic heterocycles. The molecule has 0 fully saturated rings. The zero-order chi connectivity index (χ0) is 11.4. The maximum Gasteiger partial charge on any atom is 0.0443 e. The highest BCUT2D eigenvalue weighted by molar-refractivity contribution is 8.00. The molecule has 16 heavy (non-hydrogen) atoms. The van der Waals surface area contributed by atoms with Crippen LogP contribution >= 0.6 is 11.9 Å². The highest BCUT2D eigenvalue weighted by Gasteiger charge is 1.94. The summed E-state index contributed by atoms with van der Waals surface area (Å²) in [7, 11) is 0. The average Bonchev–Trinajstić information content (AvgIpc) is 2.30. The van der Waals surface area contributed by atoms with Crippen LogP contribution in [0.4, 0.5) is 11.4 Å². The summed E-state index contributed by atoms with van der Waals surface area (Å²) in [6, 6.07) is 16.1. The van der Waals surface area contributed by atoms with E-state index in [0.717, 1.165) is 16.3 Å². The first-order valence-electron chi connectivity index (χ1n) is 5.09. The summed E-state index contributed by atoms with van der Waals surface area (Å²) in [6.45, 7) is 2.08. The van der Waals surface area contributed by atoms with Crippen molar-refractivity contribution in [3.05, 3.63) is 54.1 Å². The van der Waals surface area contributed by atoms with E-state index in [9.17, 15) is 0 Å². The van der Waals surface area contributed by atoms with Gasteiger partial charge in [-0.2, -0.15) is 0 Å². The summed E-state index contributed by atoms with van der Waals surface area (Å²) < 4.78 is 3.28. The van der Waals surface area contributed by atoms with E-state index in [2.05, 4.69) is 35.9 Å². The van der Waals surface area contributed by atoms with E-state index in [1.165, 1.54) is 5.56 Å². The van der Waals surface area contributed by atoms with Crippen LogP contribution in [0, 0.1) is 6.92 Å². The van der Waals surface area contributed by atoms with Crippen LogP contribution in [-0.2, 0) is 0 Å². The molecule has 0 saturated carbocycles. The standard InChI is InChI=1S/C13H14N2S/c1-10-2-6-12(7-3-10)15-16-13-8-4-11(14)5-9-13/h2-9,15H,14H2,1H3. The van der Waals surface area contributed by atoms with Crippen molar-refractivity contribution in [3.63, 3.8) is 0 Å². The molecule has 82 valence electrons. The fourth-order valence-electron chi connectivity index (χ4n) is 1.28. The minimum Gasteiger partial charge on any atom is -0.399 e. The van der Waals surface area contributed by atoms with Crippen molar-refractivity contribution in [2.24, 2.45) is 0 Å². The van der Waals surface area contributed by atoms with Gasteiger partial charge in [-0.15, -0.1) is 0 Å².